The van der Waals surface area contributed by atoms with E-state index in [2.05, 4.69) is 25.8 Å². The molecule has 0 saturated heterocycles. The molecule has 0 spiro atoms. The Hall–Kier alpha value is -0.450. The molecule has 4 heteroatoms. The van der Waals surface area contributed by atoms with Crippen LogP contribution < -0.4 is 0 Å². The molecule has 1 unspecified atom stereocenters. The molecule has 0 bridgehead atoms. The lowest BCUT2D eigenvalue weighted by Gasteiger charge is -2.18. The fourth-order valence-electron chi connectivity index (χ4n) is 1.44. The van der Waals surface area contributed by atoms with E-state index in [1.807, 2.05) is 32.2 Å². The first-order chi connectivity index (χ1) is 7.11. The van der Waals surface area contributed by atoms with Gasteiger partial charge in [0, 0.05) is 24.1 Å². The molecule has 1 aromatic heterocycles. The van der Waals surface area contributed by atoms with E-state index in [4.69, 9.17) is 0 Å². The lowest BCUT2D eigenvalue weighted by atomic mass is 10.3. The van der Waals surface area contributed by atoms with Crippen LogP contribution in [0.15, 0.2) is 18.2 Å². The predicted octanol–water partition coefficient (Wildman–Crippen LogP) is 1.58. The Morgan fingerprint density at radius 3 is 2.87 bits per heavy atom. The molecular formula is C11H17BrN2O. The van der Waals surface area contributed by atoms with Crippen molar-refractivity contribution in [2.45, 2.75) is 19.6 Å². The Bertz CT molecular complexity index is 306. The highest BCUT2D eigenvalue weighted by Crippen LogP contribution is 2.03. The van der Waals surface area contributed by atoms with Crippen molar-refractivity contribution in [1.82, 2.24) is 9.88 Å². The third-order valence-electron chi connectivity index (χ3n) is 2.08. The summed E-state index contributed by atoms with van der Waals surface area (Å²) in [6.07, 6.45) is -0.320. The molecule has 0 aliphatic rings. The van der Waals surface area contributed by atoms with Gasteiger partial charge in [0.05, 0.1) is 11.8 Å². The second-order valence-corrected chi connectivity index (χ2v) is 4.42. The van der Waals surface area contributed by atoms with E-state index < -0.39 is 0 Å². The van der Waals surface area contributed by atoms with Crippen LogP contribution in [0.2, 0.25) is 0 Å². The average Bonchev–Trinajstić information content (AvgIpc) is 2.17. The molecule has 0 fully saturated rings. The van der Waals surface area contributed by atoms with Crippen molar-refractivity contribution in [3.8, 4) is 0 Å². The lowest BCUT2D eigenvalue weighted by Crippen LogP contribution is -2.29. The van der Waals surface area contributed by atoms with Crippen LogP contribution in [0.3, 0.4) is 0 Å². The zero-order chi connectivity index (χ0) is 11.3. The third-order valence-corrected chi connectivity index (χ3v) is 2.83. The van der Waals surface area contributed by atoms with Gasteiger partial charge in [0.2, 0.25) is 0 Å². The fraction of sp³-hybridized carbons (Fsp3) is 0.545. The third kappa shape index (κ3) is 4.73. The van der Waals surface area contributed by atoms with Crippen LogP contribution in [0.5, 0.6) is 0 Å². The molecule has 3 nitrogen and oxygen atoms in total. The number of alkyl halides is 1. The largest absolute Gasteiger partial charge is 0.391 e. The van der Waals surface area contributed by atoms with Crippen molar-refractivity contribution in [2.75, 3.05) is 18.9 Å². The Morgan fingerprint density at radius 2 is 2.27 bits per heavy atom. The van der Waals surface area contributed by atoms with Crippen molar-refractivity contribution in [3.63, 3.8) is 0 Å². The van der Waals surface area contributed by atoms with E-state index in [0.717, 1.165) is 17.9 Å². The predicted molar refractivity (Wildman–Crippen MR) is 65.1 cm³/mol. The zero-order valence-corrected chi connectivity index (χ0v) is 10.7. The Balaban J connectivity index is 2.47. The fourth-order valence-corrected chi connectivity index (χ4v) is 1.64. The number of hydrogen-bond acceptors (Lipinski definition) is 3. The minimum absolute atomic E-state index is 0.320. The summed E-state index contributed by atoms with van der Waals surface area (Å²) in [5, 5.41) is 10.1. The molecule has 1 atom stereocenters. The summed E-state index contributed by atoms with van der Waals surface area (Å²) in [5.41, 5.74) is 2.07. The first-order valence-corrected chi connectivity index (χ1v) is 6.09. The molecule has 0 aromatic carbocycles. The van der Waals surface area contributed by atoms with E-state index in [-0.39, 0.29) is 6.10 Å². The summed E-state index contributed by atoms with van der Waals surface area (Å²) in [5.74, 6) is 0. The van der Waals surface area contributed by atoms with Crippen LogP contribution in [0.25, 0.3) is 0 Å². The van der Waals surface area contributed by atoms with Crippen molar-refractivity contribution < 1.29 is 5.11 Å². The van der Waals surface area contributed by atoms with Crippen LogP contribution in [0, 0.1) is 6.92 Å². The minimum atomic E-state index is -0.320. The molecule has 15 heavy (non-hydrogen) atoms. The summed E-state index contributed by atoms with van der Waals surface area (Å²) < 4.78 is 0. The summed E-state index contributed by atoms with van der Waals surface area (Å²) in [4.78, 5) is 6.47. The standard InChI is InChI=1S/C11H17BrN2O/c1-9-4-3-5-10(13-9)7-14(2)8-11(15)6-12/h3-5,11,15H,6-8H2,1-2H3. The van der Waals surface area contributed by atoms with Gasteiger partial charge in [0.25, 0.3) is 0 Å². The van der Waals surface area contributed by atoms with Gasteiger partial charge in [-0.2, -0.15) is 0 Å². The van der Waals surface area contributed by atoms with Gasteiger partial charge in [0.15, 0.2) is 0 Å². The van der Waals surface area contributed by atoms with Crippen molar-refractivity contribution in [3.05, 3.63) is 29.6 Å². The number of aliphatic hydroxyl groups is 1. The lowest BCUT2D eigenvalue weighted by molar-refractivity contribution is 0.142. The maximum Gasteiger partial charge on any atom is 0.0763 e. The minimum Gasteiger partial charge on any atom is -0.391 e. The monoisotopic (exact) mass is 272 g/mol. The summed E-state index contributed by atoms with van der Waals surface area (Å²) in [6, 6.07) is 5.99. The van der Waals surface area contributed by atoms with Crippen LogP contribution in [-0.4, -0.2) is 40.0 Å². The number of aromatic nitrogens is 1. The second kappa shape index (κ2) is 6.20. The SMILES string of the molecule is Cc1cccc(CN(C)CC(O)CBr)n1. The molecule has 1 heterocycles. The van der Waals surface area contributed by atoms with Gasteiger partial charge < -0.3 is 5.11 Å². The Kier molecular flexibility index (Phi) is 5.22. The topological polar surface area (TPSA) is 36.4 Å². The highest BCUT2D eigenvalue weighted by Gasteiger charge is 2.07. The number of aliphatic hydroxyl groups excluding tert-OH is 1. The number of hydrogen-bond donors (Lipinski definition) is 1. The van der Waals surface area contributed by atoms with Gasteiger partial charge >= 0.3 is 0 Å². The molecule has 84 valence electrons. The van der Waals surface area contributed by atoms with Crippen LogP contribution in [-0.2, 0) is 6.54 Å². The highest BCUT2D eigenvalue weighted by molar-refractivity contribution is 9.09. The quantitative estimate of drug-likeness (QED) is 0.827. The summed E-state index contributed by atoms with van der Waals surface area (Å²) >= 11 is 3.25. The number of aryl methyl sites for hydroxylation is 1. The number of likely N-dealkylation sites (N-methyl/N-ethyl adjacent to an activating group) is 1. The van der Waals surface area contributed by atoms with Gasteiger partial charge in [-0.1, -0.05) is 22.0 Å². The number of pyridine rings is 1. The van der Waals surface area contributed by atoms with Crippen molar-refractivity contribution >= 4 is 15.9 Å². The smallest absolute Gasteiger partial charge is 0.0763 e. The zero-order valence-electron chi connectivity index (χ0n) is 9.15. The summed E-state index contributed by atoms with van der Waals surface area (Å²) in [6.45, 7) is 3.41. The normalized spacial score (nSPS) is 13.1. The van der Waals surface area contributed by atoms with E-state index in [1.165, 1.54) is 0 Å². The second-order valence-electron chi connectivity index (χ2n) is 3.78. The summed E-state index contributed by atoms with van der Waals surface area (Å²) in [7, 11) is 1.98. The number of rotatable bonds is 5. The van der Waals surface area contributed by atoms with Crippen LogP contribution >= 0.6 is 15.9 Å². The van der Waals surface area contributed by atoms with Crippen LogP contribution in [0.4, 0.5) is 0 Å². The molecule has 1 rings (SSSR count). The molecule has 0 amide bonds. The average molecular weight is 273 g/mol. The molecule has 0 aliphatic carbocycles. The maximum absolute atomic E-state index is 9.45. The molecule has 1 N–H and O–H groups in total. The number of halogens is 1. The molecular weight excluding hydrogens is 256 g/mol. The molecule has 1 aromatic rings. The van der Waals surface area contributed by atoms with Crippen LogP contribution in [0.1, 0.15) is 11.4 Å². The first kappa shape index (κ1) is 12.6. The van der Waals surface area contributed by atoms with Gasteiger partial charge in [0.1, 0.15) is 0 Å². The van der Waals surface area contributed by atoms with Gasteiger partial charge in [-0.3, -0.25) is 9.88 Å². The van der Waals surface area contributed by atoms with Gasteiger partial charge in [-0.25, -0.2) is 0 Å². The van der Waals surface area contributed by atoms with Gasteiger partial charge in [-0.15, -0.1) is 0 Å². The molecule has 0 saturated carbocycles. The molecule has 0 aliphatic heterocycles. The van der Waals surface area contributed by atoms with E-state index in [1.54, 1.807) is 0 Å². The van der Waals surface area contributed by atoms with E-state index in [9.17, 15) is 5.11 Å². The first-order valence-electron chi connectivity index (χ1n) is 4.97. The molecule has 0 radical (unpaired) electrons. The Morgan fingerprint density at radius 1 is 1.53 bits per heavy atom. The van der Waals surface area contributed by atoms with E-state index >= 15 is 0 Å². The number of nitrogens with zero attached hydrogens (tertiary/aromatic N) is 2. The van der Waals surface area contributed by atoms with E-state index in [0.29, 0.717) is 11.9 Å². The van der Waals surface area contributed by atoms with Gasteiger partial charge in [-0.05, 0) is 26.1 Å². The van der Waals surface area contributed by atoms with Crippen molar-refractivity contribution in [2.24, 2.45) is 0 Å². The highest BCUT2D eigenvalue weighted by atomic mass is 79.9. The maximum atomic E-state index is 9.45. The Labute approximate surface area is 99.3 Å². The van der Waals surface area contributed by atoms with Crippen molar-refractivity contribution in [1.29, 1.82) is 0 Å².